The van der Waals surface area contributed by atoms with Gasteiger partial charge in [0.25, 0.3) is 0 Å². The molecule has 24 heavy (non-hydrogen) atoms. The third-order valence-electron chi connectivity index (χ3n) is 3.37. The van der Waals surface area contributed by atoms with Crippen LogP contribution in [0, 0.1) is 0 Å². The van der Waals surface area contributed by atoms with Gasteiger partial charge in [0.1, 0.15) is 5.75 Å². The Hall–Kier alpha value is -2.43. The average Bonchev–Trinajstić information content (AvgIpc) is 3.07. The van der Waals surface area contributed by atoms with Crippen LogP contribution in [-0.2, 0) is 0 Å². The third-order valence-corrected chi connectivity index (χ3v) is 4.64. The van der Waals surface area contributed by atoms with Crippen molar-refractivity contribution in [3.8, 4) is 5.75 Å². The van der Waals surface area contributed by atoms with Crippen LogP contribution in [0.4, 0.5) is 0 Å². The van der Waals surface area contributed by atoms with E-state index in [1.165, 1.54) is 11.3 Å². The summed E-state index contributed by atoms with van der Waals surface area (Å²) in [5.41, 5.74) is 1.21. The molecule has 120 valence electrons. The maximum absolute atomic E-state index is 12.3. The van der Waals surface area contributed by atoms with E-state index in [4.69, 9.17) is 16.3 Å². The highest BCUT2D eigenvalue weighted by atomic mass is 35.5. The van der Waals surface area contributed by atoms with Crippen LogP contribution in [0.25, 0.3) is 0 Å². The van der Waals surface area contributed by atoms with Crippen LogP contribution < -0.4 is 4.74 Å². The summed E-state index contributed by atoms with van der Waals surface area (Å²) in [5, 5.41) is 0. The Labute approximate surface area is 148 Å². The van der Waals surface area contributed by atoms with Gasteiger partial charge in [-0.1, -0.05) is 41.9 Å². The number of ether oxygens (including phenoxy) is 1. The van der Waals surface area contributed by atoms with Crippen LogP contribution >= 0.6 is 22.9 Å². The second kappa shape index (κ2) is 7.43. The van der Waals surface area contributed by atoms with Crippen LogP contribution in [0.15, 0.2) is 66.7 Å². The minimum atomic E-state index is -0.128. The van der Waals surface area contributed by atoms with Gasteiger partial charge in [-0.2, -0.15) is 0 Å². The molecule has 3 nitrogen and oxygen atoms in total. The molecular weight excluding hydrogens is 344 g/mol. The van der Waals surface area contributed by atoms with Gasteiger partial charge in [0, 0.05) is 11.1 Å². The first-order chi connectivity index (χ1) is 11.6. The molecule has 5 heteroatoms. The summed E-state index contributed by atoms with van der Waals surface area (Å²) >= 11 is 7.04. The summed E-state index contributed by atoms with van der Waals surface area (Å²) in [6.07, 6.45) is 0. The zero-order valence-corrected chi connectivity index (χ0v) is 14.1. The quantitative estimate of drug-likeness (QED) is 0.590. The molecule has 0 N–H and O–H groups in total. The number of benzene rings is 2. The fraction of sp³-hybridized carbons (Fsp3) is 0.0526. The predicted molar refractivity (Wildman–Crippen MR) is 95.5 cm³/mol. The van der Waals surface area contributed by atoms with Crippen molar-refractivity contribution in [2.75, 3.05) is 6.61 Å². The minimum Gasteiger partial charge on any atom is -0.485 e. The van der Waals surface area contributed by atoms with Crippen molar-refractivity contribution in [2.24, 2.45) is 0 Å². The molecule has 3 aromatic rings. The van der Waals surface area contributed by atoms with Crippen LogP contribution in [0.3, 0.4) is 0 Å². The highest BCUT2D eigenvalue weighted by Gasteiger charge is 2.11. The molecule has 1 heterocycles. The van der Waals surface area contributed by atoms with E-state index in [9.17, 15) is 9.59 Å². The molecular formula is C19H13ClO3S. The maximum Gasteiger partial charge on any atom is 0.210 e. The SMILES string of the molecule is O=C(c1ccccc1)c1ccc(OCC(=O)c2ccc(Cl)s2)cc1. The minimum absolute atomic E-state index is 0.0496. The van der Waals surface area contributed by atoms with Crippen LogP contribution in [0.5, 0.6) is 5.75 Å². The fourth-order valence-electron chi connectivity index (χ4n) is 2.14. The van der Waals surface area contributed by atoms with Gasteiger partial charge in [0.05, 0.1) is 9.21 Å². The van der Waals surface area contributed by atoms with E-state index in [1.54, 1.807) is 48.5 Å². The van der Waals surface area contributed by atoms with E-state index in [0.29, 0.717) is 26.1 Å². The first-order valence-corrected chi connectivity index (χ1v) is 8.44. The van der Waals surface area contributed by atoms with Gasteiger partial charge < -0.3 is 4.74 Å². The fourth-order valence-corrected chi connectivity index (χ4v) is 3.11. The van der Waals surface area contributed by atoms with Gasteiger partial charge in [-0.05, 0) is 36.4 Å². The van der Waals surface area contributed by atoms with Gasteiger partial charge >= 0.3 is 0 Å². The van der Waals surface area contributed by atoms with E-state index >= 15 is 0 Å². The molecule has 0 bridgehead atoms. The van der Waals surface area contributed by atoms with Crippen LogP contribution in [-0.4, -0.2) is 18.2 Å². The monoisotopic (exact) mass is 356 g/mol. The highest BCUT2D eigenvalue weighted by molar-refractivity contribution is 7.18. The lowest BCUT2D eigenvalue weighted by Crippen LogP contribution is -2.10. The average molecular weight is 357 g/mol. The van der Waals surface area contributed by atoms with Crippen molar-refractivity contribution in [2.45, 2.75) is 0 Å². The predicted octanol–water partition coefficient (Wildman–Crippen LogP) is 4.89. The van der Waals surface area contributed by atoms with E-state index in [-0.39, 0.29) is 18.2 Å². The number of thiophene rings is 1. The molecule has 3 rings (SSSR count). The van der Waals surface area contributed by atoms with Gasteiger partial charge in [-0.15, -0.1) is 11.3 Å². The molecule has 0 aliphatic heterocycles. The van der Waals surface area contributed by atoms with E-state index in [2.05, 4.69) is 0 Å². The lowest BCUT2D eigenvalue weighted by atomic mass is 10.0. The van der Waals surface area contributed by atoms with E-state index < -0.39 is 0 Å². The first kappa shape index (κ1) is 16.4. The first-order valence-electron chi connectivity index (χ1n) is 7.24. The Morgan fingerprint density at radius 2 is 1.54 bits per heavy atom. The summed E-state index contributed by atoms with van der Waals surface area (Å²) in [7, 11) is 0. The van der Waals surface area contributed by atoms with Crippen molar-refractivity contribution in [3.05, 3.63) is 87.1 Å². The van der Waals surface area contributed by atoms with Gasteiger partial charge in [-0.25, -0.2) is 0 Å². The summed E-state index contributed by atoms with van der Waals surface area (Å²) in [6, 6.07) is 19.2. The highest BCUT2D eigenvalue weighted by Crippen LogP contribution is 2.22. The molecule has 0 unspecified atom stereocenters. The topological polar surface area (TPSA) is 43.4 Å². The Morgan fingerprint density at radius 3 is 2.17 bits per heavy atom. The number of halogens is 1. The van der Waals surface area contributed by atoms with Crippen molar-refractivity contribution in [3.63, 3.8) is 0 Å². The lowest BCUT2D eigenvalue weighted by Gasteiger charge is -2.06. The number of carbonyl (C=O) groups is 2. The number of rotatable bonds is 6. The molecule has 0 aliphatic rings. The summed E-state index contributed by atoms with van der Waals surface area (Å²) < 4.78 is 6.05. The summed E-state index contributed by atoms with van der Waals surface area (Å²) in [6.45, 7) is -0.0666. The van der Waals surface area contributed by atoms with E-state index in [0.717, 1.165) is 0 Å². The molecule has 0 atom stereocenters. The molecule has 0 saturated heterocycles. The molecule has 0 amide bonds. The molecule has 0 fully saturated rings. The molecule has 0 aliphatic carbocycles. The maximum atomic E-state index is 12.3. The number of ketones is 2. The number of hydrogen-bond donors (Lipinski definition) is 0. The Kier molecular flexibility index (Phi) is 5.08. The molecule has 0 spiro atoms. The Bertz CT molecular complexity index is 854. The molecule has 0 radical (unpaired) electrons. The Balaban J connectivity index is 1.62. The molecule has 2 aromatic carbocycles. The largest absolute Gasteiger partial charge is 0.485 e. The van der Waals surface area contributed by atoms with E-state index in [1.807, 2.05) is 18.2 Å². The van der Waals surface area contributed by atoms with Crippen molar-refractivity contribution < 1.29 is 14.3 Å². The zero-order valence-electron chi connectivity index (χ0n) is 12.6. The molecule has 0 saturated carbocycles. The summed E-state index contributed by atoms with van der Waals surface area (Å²) in [4.78, 5) is 24.8. The number of hydrogen-bond acceptors (Lipinski definition) is 4. The van der Waals surface area contributed by atoms with Crippen LogP contribution in [0.1, 0.15) is 25.6 Å². The molecule has 1 aromatic heterocycles. The van der Waals surface area contributed by atoms with Crippen molar-refractivity contribution in [1.29, 1.82) is 0 Å². The third kappa shape index (κ3) is 3.91. The number of carbonyl (C=O) groups excluding carboxylic acids is 2. The smallest absolute Gasteiger partial charge is 0.210 e. The normalized spacial score (nSPS) is 10.4. The van der Waals surface area contributed by atoms with Crippen molar-refractivity contribution >= 4 is 34.5 Å². The second-order valence-electron chi connectivity index (χ2n) is 5.04. The second-order valence-corrected chi connectivity index (χ2v) is 6.75. The van der Waals surface area contributed by atoms with Crippen LogP contribution in [0.2, 0.25) is 4.34 Å². The summed E-state index contributed by atoms with van der Waals surface area (Å²) in [5.74, 6) is 0.360. The Morgan fingerprint density at radius 1 is 0.875 bits per heavy atom. The van der Waals surface area contributed by atoms with Gasteiger partial charge in [0.2, 0.25) is 5.78 Å². The van der Waals surface area contributed by atoms with Gasteiger partial charge in [-0.3, -0.25) is 9.59 Å². The van der Waals surface area contributed by atoms with Crippen molar-refractivity contribution in [1.82, 2.24) is 0 Å². The zero-order chi connectivity index (χ0) is 16.9. The van der Waals surface area contributed by atoms with Gasteiger partial charge in [0.15, 0.2) is 12.4 Å². The standard InChI is InChI=1S/C19H13ClO3S/c20-18-11-10-17(24-18)16(21)12-23-15-8-6-14(7-9-15)19(22)13-4-2-1-3-5-13/h1-11H,12H2. The number of Topliss-reactive ketones (excluding diaryl/α,β-unsaturated/α-hetero) is 1. The lowest BCUT2D eigenvalue weighted by molar-refractivity contribution is 0.0924.